The van der Waals surface area contributed by atoms with Crippen molar-refractivity contribution in [2.75, 3.05) is 4.72 Å². The molecule has 1 saturated heterocycles. The molecule has 1 atom stereocenters. The zero-order chi connectivity index (χ0) is 19.6. The Morgan fingerprint density at radius 1 is 1.33 bits per heavy atom. The van der Waals surface area contributed by atoms with Crippen LogP contribution in [0.4, 0.5) is 5.95 Å². The Hall–Kier alpha value is -2.46. The van der Waals surface area contributed by atoms with E-state index in [-0.39, 0.29) is 34.0 Å². The number of sulfonamides is 1. The van der Waals surface area contributed by atoms with Crippen LogP contribution in [0.5, 0.6) is 0 Å². The van der Waals surface area contributed by atoms with E-state index in [0.29, 0.717) is 12.1 Å². The molecule has 0 radical (unpaired) electrons. The molecule has 2 aliphatic heterocycles. The summed E-state index contributed by atoms with van der Waals surface area (Å²) in [6, 6.07) is 4.30. The second kappa shape index (κ2) is 5.52. The normalized spacial score (nSPS) is 23.8. The van der Waals surface area contributed by atoms with Crippen molar-refractivity contribution in [3.05, 3.63) is 30.1 Å². The summed E-state index contributed by atoms with van der Waals surface area (Å²) in [6.45, 7) is 7.82. The molecule has 2 aromatic rings. The number of nitrogens with one attached hydrogen (secondary N) is 2. The van der Waals surface area contributed by atoms with Crippen LogP contribution in [0.15, 0.2) is 29.4 Å². The quantitative estimate of drug-likeness (QED) is 0.801. The third-order valence-corrected chi connectivity index (χ3v) is 6.25. The third kappa shape index (κ3) is 2.98. The van der Waals surface area contributed by atoms with E-state index in [1.54, 1.807) is 12.1 Å². The second-order valence-electron chi connectivity index (χ2n) is 7.98. The van der Waals surface area contributed by atoms with Crippen molar-refractivity contribution in [1.82, 2.24) is 20.1 Å². The highest BCUT2D eigenvalue weighted by molar-refractivity contribution is 7.93. The number of nitrogens with zero attached hydrogens (tertiary/aromatic N) is 3. The van der Waals surface area contributed by atoms with Crippen LogP contribution in [-0.2, 0) is 14.8 Å². The minimum atomic E-state index is -3.83. The summed E-state index contributed by atoms with van der Waals surface area (Å²) in [7, 11) is -3.83. The Kier molecular flexibility index (Phi) is 3.67. The number of fused-ring (bicyclic) bond motifs is 3. The molecule has 0 bridgehead atoms. The van der Waals surface area contributed by atoms with Crippen LogP contribution in [0.1, 0.15) is 44.5 Å². The zero-order valence-electron chi connectivity index (χ0n) is 15.5. The molecule has 10 heteroatoms. The molecule has 1 aromatic heterocycles. The third-order valence-electron chi connectivity index (χ3n) is 4.89. The number of hydrogen-bond acceptors (Lipinski definition) is 6. The second-order valence-corrected chi connectivity index (χ2v) is 9.63. The molecule has 1 fully saturated rings. The molecule has 27 heavy (non-hydrogen) atoms. The van der Waals surface area contributed by atoms with Crippen LogP contribution >= 0.6 is 0 Å². The summed E-state index contributed by atoms with van der Waals surface area (Å²) in [6.07, 6.45) is 1.93. The monoisotopic (exact) mass is 391 g/mol. The minimum absolute atomic E-state index is 0.0181. The largest absolute Gasteiger partial charge is 0.367 e. The van der Waals surface area contributed by atoms with Crippen LogP contribution < -0.4 is 10.0 Å². The summed E-state index contributed by atoms with van der Waals surface area (Å²) >= 11 is 0. The van der Waals surface area contributed by atoms with E-state index in [9.17, 15) is 13.2 Å². The van der Waals surface area contributed by atoms with Crippen LogP contribution in [-0.4, -0.2) is 46.3 Å². The first-order valence-corrected chi connectivity index (χ1v) is 10.1. The van der Waals surface area contributed by atoms with E-state index in [1.807, 2.05) is 27.7 Å². The Morgan fingerprint density at radius 2 is 2.07 bits per heavy atom. The predicted molar refractivity (Wildman–Crippen MR) is 97.3 cm³/mol. The van der Waals surface area contributed by atoms with Gasteiger partial charge in [0.1, 0.15) is 11.2 Å². The van der Waals surface area contributed by atoms with Crippen LogP contribution in [0, 0.1) is 0 Å². The van der Waals surface area contributed by atoms with Crippen LogP contribution in [0.2, 0.25) is 0 Å². The number of rotatable bonds is 2. The van der Waals surface area contributed by atoms with Crippen molar-refractivity contribution in [3.63, 3.8) is 0 Å². The average molecular weight is 391 g/mol. The molecule has 144 valence electrons. The molecular weight excluding hydrogens is 370 g/mol. The fraction of sp³-hybridized carbons (Fsp3) is 0.471. The Bertz CT molecular complexity index is 1040. The van der Waals surface area contributed by atoms with Gasteiger partial charge in [-0.05, 0) is 52.3 Å². The molecule has 2 aliphatic rings. The summed E-state index contributed by atoms with van der Waals surface area (Å²) < 4.78 is 34.7. The molecule has 2 N–H and O–H groups in total. The minimum Gasteiger partial charge on any atom is -0.367 e. The number of amides is 1. The smallest absolute Gasteiger partial charge is 0.266 e. The molecule has 9 nitrogen and oxygen atoms in total. The highest BCUT2D eigenvalue weighted by Gasteiger charge is 2.46. The first-order valence-electron chi connectivity index (χ1n) is 8.57. The highest BCUT2D eigenvalue weighted by Crippen LogP contribution is 2.37. The van der Waals surface area contributed by atoms with E-state index >= 15 is 0 Å². The van der Waals surface area contributed by atoms with Crippen molar-refractivity contribution < 1.29 is 17.9 Å². The number of anilines is 1. The van der Waals surface area contributed by atoms with Gasteiger partial charge in [-0.3, -0.25) is 4.79 Å². The van der Waals surface area contributed by atoms with E-state index in [2.05, 4.69) is 20.1 Å². The molecule has 1 aromatic carbocycles. The van der Waals surface area contributed by atoms with Crippen molar-refractivity contribution in [2.45, 2.75) is 56.3 Å². The predicted octanol–water partition coefficient (Wildman–Crippen LogP) is 1.46. The fourth-order valence-corrected chi connectivity index (χ4v) is 4.94. The standard InChI is InChI=1S/C17H21N5O4S/c1-16(2)8-13(17(3,4)26-16)20-14(23)10-5-6-11-12(7-10)27(24,25)21-15-18-9-19-22(11)15/h5-7,9,13H,8H2,1-4H3,(H,20,23)(H,18,19,21). The van der Waals surface area contributed by atoms with E-state index < -0.39 is 15.6 Å². The van der Waals surface area contributed by atoms with Gasteiger partial charge in [-0.25, -0.2) is 13.1 Å². The number of aromatic nitrogens is 3. The zero-order valence-corrected chi connectivity index (χ0v) is 16.3. The maximum Gasteiger partial charge on any atom is 0.266 e. The summed E-state index contributed by atoms with van der Waals surface area (Å²) in [5.74, 6) is -0.233. The van der Waals surface area contributed by atoms with Gasteiger partial charge in [0.05, 0.1) is 22.9 Å². The lowest BCUT2D eigenvalue weighted by Gasteiger charge is -2.28. The van der Waals surface area contributed by atoms with Crippen LogP contribution in [0.25, 0.3) is 5.69 Å². The number of ether oxygens (including phenoxy) is 1. The van der Waals surface area contributed by atoms with Gasteiger partial charge in [0.25, 0.3) is 15.9 Å². The van der Waals surface area contributed by atoms with E-state index in [0.717, 1.165) is 0 Å². The van der Waals surface area contributed by atoms with Gasteiger partial charge in [-0.2, -0.15) is 14.8 Å². The highest BCUT2D eigenvalue weighted by atomic mass is 32.2. The molecule has 1 amide bonds. The molecule has 1 unspecified atom stereocenters. The Labute approximate surface area is 157 Å². The lowest BCUT2D eigenvalue weighted by molar-refractivity contribution is -0.0693. The topological polar surface area (TPSA) is 115 Å². The van der Waals surface area contributed by atoms with E-state index in [4.69, 9.17) is 4.74 Å². The molecule has 0 aliphatic carbocycles. The van der Waals surface area contributed by atoms with Gasteiger partial charge in [-0.1, -0.05) is 0 Å². The average Bonchev–Trinajstić information content (AvgIpc) is 3.07. The molecule has 0 spiro atoms. The first kappa shape index (κ1) is 17.9. The molecule has 4 rings (SSSR count). The van der Waals surface area contributed by atoms with Gasteiger partial charge < -0.3 is 10.1 Å². The lowest BCUT2D eigenvalue weighted by atomic mass is 9.94. The molecular formula is C17H21N5O4S. The van der Waals surface area contributed by atoms with Gasteiger partial charge in [0, 0.05) is 5.56 Å². The maximum atomic E-state index is 12.8. The van der Waals surface area contributed by atoms with Gasteiger partial charge in [0.15, 0.2) is 0 Å². The first-order chi connectivity index (χ1) is 12.5. The SMILES string of the molecule is CC1(C)CC(NC(=O)c2ccc3c(c2)S(=O)(=O)Nc2ncnn2-3)C(C)(C)O1. The van der Waals surface area contributed by atoms with Crippen molar-refractivity contribution >= 4 is 21.9 Å². The number of hydrogen-bond donors (Lipinski definition) is 2. The summed E-state index contributed by atoms with van der Waals surface area (Å²) in [5, 5.41) is 6.99. The van der Waals surface area contributed by atoms with Gasteiger partial charge in [-0.15, -0.1) is 0 Å². The Balaban J connectivity index is 1.66. The number of carbonyl (C=O) groups is 1. The van der Waals surface area contributed by atoms with Crippen molar-refractivity contribution in [3.8, 4) is 5.69 Å². The van der Waals surface area contributed by atoms with Gasteiger partial charge in [0.2, 0.25) is 5.95 Å². The van der Waals surface area contributed by atoms with Crippen molar-refractivity contribution in [2.24, 2.45) is 0 Å². The molecule has 3 heterocycles. The lowest BCUT2D eigenvalue weighted by Crippen LogP contribution is -2.46. The van der Waals surface area contributed by atoms with Gasteiger partial charge >= 0.3 is 0 Å². The van der Waals surface area contributed by atoms with Crippen molar-refractivity contribution in [1.29, 1.82) is 0 Å². The number of benzene rings is 1. The molecule has 0 saturated carbocycles. The van der Waals surface area contributed by atoms with E-state index in [1.165, 1.54) is 17.1 Å². The fourth-order valence-electron chi connectivity index (χ4n) is 3.74. The summed E-state index contributed by atoms with van der Waals surface area (Å²) in [5.41, 5.74) is -0.253. The maximum absolute atomic E-state index is 12.8. The summed E-state index contributed by atoms with van der Waals surface area (Å²) in [4.78, 5) is 16.6. The van der Waals surface area contributed by atoms with Crippen LogP contribution in [0.3, 0.4) is 0 Å². The Morgan fingerprint density at radius 3 is 2.74 bits per heavy atom. The number of carbonyl (C=O) groups excluding carboxylic acids is 1.